The summed E-state index contributed by atoms with van der Waals surface area (Å²) in [5.41, 5.74) is -12.7. The first-order chi connectivity index (χ1) is 42.9. The van der Waals surface area contributed by atoms with Crippen LogP contribution in [0.5, 0.6) is 0 Å². The Morgan fingerprint density at radius 2 is 0.732 bits per heavy atom. The van der Waals surface area contributed by atoms with Crippen molar-refractivity contribution in [2.75, 3.05) is 19.9 Å². The highest BCUT2D eigenvalue weighted by Crippen LogP contribution is 2.55. The molecule has 0 aromatic heterocycles. The van der Waals surface area contributed by atoms with Crippen LogP contribution in [0.3, 0.4) is 0 Å². The van der Waals surface area contributed by atoms with Gasteiger partial charge in [-0.2, -0.15) is 96.6 Å². The summed E-state index contributed by atoms with van der Waals surface area (Å²) < 4.78 is 310. The van der Waals surface area contributed by atoms with Gasteiger partial charge in [0.25, 0.3) is 12.0 Å². The number of ether oxygens (including phenoxy) is 6. The second-order valence-electron chi connectivity index (χ2n) is 24.7. The van der Waals surface area contributed by atoms with Gasteiger partial charge in [-0.1, -0.05) is 69.2 Å². The second-order valence-corrected chi connectivity index (χ2v) is 24.7. The maximum atomic E-state index is 13.3. The third kappa shape index (κ3) is 39.1. The minimum atomic E-state index is -6.28. The largest absolute Gasteiger partial charge is 0.462 e. The summed E-state index contributed by atoms with van der Waals surface area (Å²) in [6.07, 6.45) is -44.7. The molecule has 0 aromatic carbocycles. The Kier molecular flexibility index (Phi) is 44.4. The molecule has 2 N–H and O–H groups in total. The van der Waals surface area contributed by atoms with Gasteiger partial charge in [0.1, 0.15) is 6.10 Å². The van der Waals surface area contributed by atoms with E-state index in [4.69, 9.17) is 4.74 Å². The van der Waals surface area contributed by atoms with Gasteiger partial charge in [0.05, 0.1) is 33.5 Å². The summed E-state index contributed by atoms with van der Waals surface area (Å²) in [6, 6.07) is 0. The molecule has 9 unspecified atom stereocenters. The number of aliphatic hydroxyl groups is 2. The molecule has 1 rings (SSSR count). The molecule has 0 aliphatic heterocycles. The molecule has 1 aliphatic carbocycles. The normalized spacial score (nSPS) is 18.1. The van der Waals surface area contributed by atoms with E-state index in [2.05, 4.69) is 23.7 Å². The Morgan fingerprint density at radius 1 is 0.423 bits per heavy atom. The first-order valence-electron chi connectivity index (χ1n) is 30.2. The topological polar surface area (TPSA) is 198 Å². The highest BCUT2D eigenvalue weighted by atomic mass is 19.4. The van der Waals surface area contributed by atoms with Gasteiger partial charge in [0, 0.05) is 11.8 Å². The van der Waals surface area contributed by atoms with Gasteiger partial charge in [-0.25, -0.2) is 4.39 Å². The van der Waals surface area contributed by atoms with E-state index in [0.29, 0.717) is 32.1 Å². The maximum Gasteiger partial charge on any atom is 0.426 e. The van der Waals surface area contributed by atoms with Crippen LogP contribution in [0.1, 0.15) is 203 Å². The Balaban J connectivity index is -0.000000269. The monoisotopic (exact) mass is 1480 g/mol. The molecule has 0 saturated heterocycles. The van der Waals surface area contributed by atoms with Gasteiger partial charge in [-0.3, -0.25) is 28.8 Å². The zero-order chi connectivity index (χ0) is 79.3. The van der Waals surface area contributed by atoms with E-state index < -0.39 is 199 Å². The van der Waals surface area contributed by atoms with E-state index in [1.54, 1.807) is 83.1 Å². The zero-order valence-electron chi connectivity index (χ0n) is 58.1. The van der Waals surface area contributed by atoms with Crippen LogP contribution >= 0.6 is 0 Å². The van der Waals surface area contributed by atoms with E-state index in [9.17, 15) is 140 Å². The average Bonchev–Trinajstić information content (AvgIpc) is 0.735. The molecule has 97 heavy (non-hydrogen) atoms. The Hall–Kier alpha value is -4.87. The van der Waals surface area contributed by atoms with E-state index in [1.165, 1.54) is 27.7 Å². The number of hydrogen-bond acceptors (Lipinski definition) is 14. The average molecular weight is 1480 g/mol. The van der Waals surface area contributed by atoms with E-state index in [-0.39, 0.29) is 13.3 Å². The molecular weight excluding hydrogens is 1380 g/mol. The SMILES string of the molecule is CC.CCC(C)(C)C(=O)OC(C)C(F)(F)F.CCC(C)(C)C(=O)OC(F)CF.CCC(C)(C)C(=O)OC1CC(C(C)(O)C(F)(F)F)CC(C(O)(C(F)(F)F)C(F)(F)F)C1.CCC(C)(C)C(=O)OCC(F)(F)F.CCC(C)C(=O)OC(C)C(F)(F)F.CCC(C)C(=O)OCC(F)(F)F. The van der Waals surface area contributed by atoms with E-state index in [0.717, 1.165) is 13.8 Å². The molecule has 9 atom stereocenters. The van der Waals surface area contributed by atoms with Crippen LogP contribution in [-0.4, -0.2) is 145 Å². The third-order valence-electron chi connectivity index (χ3n) is 15.1. The molecule has 0 aromatic rings. The van der Waals surface area contributed by atoms with Crippen LogP contribution in [0, 0.1) is 45.3 Å². The highest BCUT2D eigenvalue weighted by Gasteiger charge is 2.75. The number of carbonyl (C=O) groups excluding carboxylic acids is 6. The van der Waals surface area contributed by atoms with Crippen molar-refractivity contribution in [1.29, 1.82) is 0 Å². The first-order valence-corrected chi connectivity index (χ1v) is 30.2. The van der Waals surface area contributed by atoms with Crippen molar-refractivity contribution >= 4 is 35.8 Å². The summed E-state index contributed by atoms with van der Waals surface area (Å²) in [4.78, 5) is 67.1. The number of halogens is 23. The van der Waals surface area contributed by atoms with Crippen molar-refractivity contribution in [2.24, 2.45) is 45.3 Å². The van der Waals surface area contributed by atoms with Gasteiger partial charge in [0.15, 0.2) is 37.7 Å². The summed E-state index contributed by atoms with van der Waals surface area (Å²) in [6.45, 7) is 27.0. The van der Waals surface area contributed by atoms with Crippen molar-refractivity contribution in [1.82, 2.24) is 0 Å². The van der Waals surface area contributed by atoms with Crippen molar-refractivity contribution < 1.29 is 168 Å². The van der Waals surface area contributed by atoms with Crippen LogP contribution in [0.15, 0.2) is 0 Å². The van der Waals surface area contributed by atoms with Crippen molar-refractivity contribution in [3.05, 3.63) is 0 Å². The van der Waals surface area contributed by atoms with Gasteiger partial charge < -0.3 is 38.6 Å². The molecular formula is C60H97F23O14. The lowest BCUT2D eigenvalue weighted by atomic mass is 9.66. The van der Waals surface area contributed by atoms with E-state index >= 15 is 0 Å². The smallest absolute Gasteiger partial charge is 0.426 e. The minimum absolute atomic E-state index is 0.167. The van der Waals surface area contributed by atoms with Crippen molar-refractivity contribution in [3.63, 3.8) is 0 Å². The predicted octanol–water partition coefficient (Wildman–Crippen LogP) is 18.3. The fraction of sp³-hybridized carbons (Fsp3) is 0.900. The molecule has 582 valence electrons. The highest BCUT2D eigenvalue weighted by molar-refractivity contribution is 5.77. The number of hydrogen-bond donors (Lipinski definition) is 2. The first kappa shape index (κ1) is 103. The van der Waals surface area contributed by atoms with Gasteiger partial charge in [-0.05, 0) is 134 Å². The maximum absolute atomic E-state index is 13.3. The lowest BCUT2D eigenvalue weighted by Gasteiger charge is -2.47. The molecule has 37 heteroatoms. The number of carbonyl (C=O) groups is 6. The van der Waals surface area contributed by atoms with Crippen molar-refractivity contribution in [3.8, 4) is 0 Å². The molecule has 0 radical (unpaired) electrons. The number of esters is 6. The second kappa shape index (κ2) is 41.8. The fourth-order valence-corrected chi connectivity index (χ4v) is 5.93. The standard InChI is InChI=1S/C18H25F9O4.C9H15F3O2.2C8H13F3O2.C8H14F2O2.C7H11F3O2.C2H6/c1-5-13(2,3)12(28)31-11-7-9(14(4,29)16(19,20)21)6-10(8-11)15(30,17(22,23)24)18(25,26)27;1-5-8(3,4)7(13)14-6(2)9(10,11)12;1-4-7(2,3)6(12)13-5-8(9,10)11;1-4-5(2)7(12)13-6(3)8(9,10)11;1-4-8(2,3)7(11)12-6(10)5-9;1-3-5(2)6(11)12-4-7(8,9)10;1-2/h9-11,29-30H,5-8H2,1-4H3;6H,5H2,1-4H3;4-5H2,1-3H3;5-6H,4H2,1-3H3;6H,4-5H2,1-3H3;5H,3-4H2,1-2H3;1-2H3. The molecule has 0 amide bonds. The van der Waals surface area contributed by atoms with Crippen LogP contribution < -0.4 is 0 Å². The Morgan fingerprint density at radius 3 is 1.04 bits per heavy atom. The zero-order valence-corrected chi connectivity index (χ0v) is 58.1. The molecule has 1 aliphatic rings. The van der Waals surface area contributed by atoms with Crippen LogP contribution in [0.2, 0.25) is 0 Å². The summed E-state index contributed by atoms with van der Waals surface area (Å²) >= 11 is 0. The van der Waals surface area contributed by atoms with Crippen LogP contribution in [-0.2, 0) is 57.2 Å². The third-order valence-corrected chi connectivity index (χ3v) is 15.1. The predicted molar refractivity (Wildman–Crippen MR) is 305 cm³/mol. The number of rotatable bonds is 21. The molecule has 0 spiro atoms. The number of alkyl halides is 23. The van der Waals surface area contributed by atoms with Gasteiger partial charge >= 0.3 is 79.0 Å². The Labute approximate surface area is 550 Å². The van der Waals surface area contributed by atoms with Crippen molar-refractivity contribution in [2.45, 2.75) is 282 Å². The lowest BCUT2D eigenvalue weighted by molar-refractivity contribution is -0.391. The summed E-state index contributed by atoms with van der Waals surface area (Å²) in [5.74, 6) is -11.0. The summed E-state index contributed by atoms with van der Waals surface area (Å²) in [7, 11) is 0. The van der Waals surface area contributed by atoms with E-state index in [1.807, 2.05) is 13.8 Å². The van der Waals surface area contributed by atoms with Crippen LogP contribution in [0.4, 0.5) is 101 Å². The molecule has 0 bridgehead atoms. The van der Waals surface area contributed by atoms with Gasteiger partial charge in [0.2, 0.25) is 0 Å². The van der Waals surface area contributed by atoms with Gasteiger partial charge in [-0.15, -0.1) is 0 Å². The quantitative estimate of drug-likeness (QED) is 0.0625. The lowest BCUT2D eigenvalue weighted by Crippen LogP contribution is -2.64. The molecule has 14 nitrogen and oxygen atoms in total. The van der Waals surface area contributed by atoms with Crippen LogP contribution in [0.25, 0.3) is 0 Å². The molecule has 1 fully saturated rings. The Bertz CT molecular complexity index is 2270. The molecule has 1 saturated carbocycles. The summed E-state index contributed by atoms with van der Waals surface area (Å²) in [5, 5.41) is 19.6. The fourth-order valence-electron chi connectivity index (χ4n) is 5.93. The minimum Gasteiger partial charge on any atom is -0.462 e. The molecule has 0 heterocycles.